The van der Waals surface area contributed by atoms with E-state index < -0.39 is 4.92 Å². The molecule has 22 heavy (non-hydrogen) atoms. The van der Waals surface area contributed by atoms with Crippen LogP contribution in [0.3, 0.4) is 0 Å². The van der Waals surface area contributed by atoms with Gasteiger partial charge in [-0.15, -0.1) is 11.8 Å². The van der Waals surface area contributed by atoms with Crippen LogP contribution in [0.1, 0.15) is 5.56 Å². The topological polar surface area (TPSA) is 72.2 Å². The number of benzene rings is 2. The molecule has 2 aromatic carbocycles. The van der Waals surface area contributed by atoms with Crippen LogP contribution >= 0.6 is 11.8 Å². The molecular formula is C16H16N2O3S. The second kappa shape index (κ2) is 8.19. The number of amides is 1. The van der Waals surface area contributed by atoms with Crippen molar-refractivity contribution in [2.45, 2.75) is 11.3 Å². The smallest absolute Gasteiger partial charge is 0.273 e. The third-order valence-corrected chi connectivity index (χ3v) is 3.99. The summed E-state index contributed by atoms with van der Waals surface area (Å²) in [5.74, 6) is 0.551. The monoisotopic (exact) mass is 316 g/mol. The van der Waals surface area contributed by atoms with Gasteiger partial charge in [-0.3, -0.25) is 14.9 Å². The zero-order chi connectivity index (χ0) is 15.8. The average molecular weight is 316 g/mol. The molecule has 0 spiro atoms. The summed E-state index contributed by atoms with van der Waals surface area (Å²) in [4.78, 5) is 23.4. The largest absolute Gasteiger partial charge is 0.355 e. The minimum absolute atomic E-state index is 0.0173. The number of nitro benzene ring substituents is 1. The molecule has 0 atom stereocenters. The first-order chi connectivity index (χ1) is 10.7. The lowest BCUT2D eigenvalue weighted by atomic mass is 10.1. The Morgan fingerprint density at radius 2 is 1.77 bits per heavy atom. The van der Waals surface area contributed by atoms with Crippen molar-refractivity contribution in [1.29, 1.82) is 0 Å². The number of rotatable bonds is 7. The number of hydrogen-bond donors (Lipinski definition) is 1. The molecule has 0 aliphatic carbocycles. The molecule has 1 amide bonds. The van der Waals surface area contributed by atoms with E-state index in [1.165, 1.54) is 6.07 Å². The molecule has 6 heteroatoms. The Morgan fingerprint density at radius 3 is 2.50 bits per heavy atom. The van der Waals surface area contributed by atoms with Crippen LogP contribution in [0.25, 0.3) is 0 Å². The molecule has 0 radical (unpaired) electrons. The summed E-state index contributed by atoms with van der Waals surface area (Å²) in [5, 5.41) is 13.7. The van der Waals surface area contributed by atoms with Gasteiger partial charge in [0, 0.05) is 28.8 Å². The fourth-order valence-corrected chi connectivity index (χ4v) is 2.74. The summed E-state index contributed by atoms with van der Waals surface area (Å²) in [6, 6.07) is 16.2. The van der Waals surface area contributed by atoms with Crippen molar-refractivity contribution >= 4 is 23.4 Å². The molecule has 5 nitrogen and oxygen atoms in total. The average Bonchev–Trinajstić information content (AvgIpc) is 2.53. The van der Waals surface area contributed by atoms with E-state index >= 15 is 0 Å². The van der Waals surface area contributed by atoms with Gasteiger partial charge in [-0.25, -0.2) is 0 Å². The van der Waals surface area contributed by atoms with E-state index in [2.05, 4.69) is 5.32 Å². The number of nitrogens with one attached hydrogen (secondary N) is 1. The van der Waals surface area contributed by atoms with Crippen LogP contribution in [0.15, 0.2) is 59.5 Å². The number of thioether (sulfide) groups is 1. The van der Waals surface area contributed by atoms with Crippen LogP contribution < -0.4 is 5.32 Å². The Morgan fingerprint density at radius 1 is 1.09 bits per heavy atom. The van der Waals surface area contributed by atoms with Gasteiger partial charge in [0.25, 0.3) is 5.69 Å². The number of nitrogens with zero attached hydrogens (tertiary/aromatic N) is 1. The summed E-state index contributed by atoms with van der Waals surface area (Å²) in [6.07, 6.45) is 0.0210. The van der Waals surface area contributed by atoms with Crippen molar-refractivity contribution in [1.82, 2.24) is 5.32 Å². The predicted molar refractivity (Wildman–Crippen MR) is 87.0 cm³/mol. The molecule has 2 aromatic rings. The number of nitro groups is 1. The summed E-state index contributed by atoms with van der Waals surface area (Å²) in [6.45, 7) is 0.527. The summed E-state index contributed by atoms with van der Waals surface area (Å²) in [7, 11) is 0. The molecule has 0 aliphatic rings. The highest BCUT2D eigenvalue weighted by molar-refractivity contribution is 7.99. The third-order valence-electron chi connectivity index (χ3n) is 2.98. The molecule has 0 saturated heterocycles. The summed E-state index contributed by atoms with van der Waals surface area (Å²) < 4.78 is 0. The first kappa shape index (κ1) is 16.0. The van der Waals surface area contributed by atoms with Gasteiger partial charge in [-0.1, -0.05) is 36.4 Å². The fourth-order valence-electron chi connectivity index (χ4n) is 1.95. The maximum absolute atomic E-state index is 11.9. The second-order valence-electron chi connectivity index (χ2n) is 4.57. The van der Waals surface area contributed by atoms with Gasteiger partial charge in [0.05, 0.1) is 11.3 Å². The maximum Gasteiger partial charge on any atom is 0.273 e. The highest BCUT2D eigenvalue weighted by Crippen LogP contribution is 2.18. The van der Waals surface area contributed by atoms with E-state index in [0.29, 0.717) is 12.1 Å². The fraction of sp³-hybridized carbons (Fsp3) is 0.188. The van der Waals surface area contributed by atoms with Gasteiger partial charge in [-0.2, -0.15) is 0 Å². The van der Waals surface area contributed by atoms with Gasteiger partial charge < -0.3 is 5.32 Å². The van der Waals surface area contributed by atoms with E-state index in [1.54, 1.807) is 30.0 Å². The van der Waals surface area contributed by atoms with Crippen LogP contribution in [0.4, 0.5) is 5.69 Å². The minimum atomic E-state index is -0.464. The first-order valence-corrected chi connectivity index (χ1v) is 7.82. The van der Waals surface area contributed by atoms with Crippen LogP contribution in [0.5, 0.6) is 0 Å². The van der Waals surface area contributed by atoms with Crippen molar-refractivity contribution in [2.24, 2.45) is 0 Å². The SMILES string of the molecule is O=C(Cc1ccccc1[N+](=O)[O-])NCCSc1ccccc1. The Balaban J connectivity index is 1.78. The van der Waals surface area contributed by atoms with Gasteiger partial charge in [0.1, 0.15) is 0 Å². The molecule has 114 valence electrons. The Labute approximate surface area is 132 Å². The van der Waals surface area contributed by atoms with Crippen molar-refractivity contribution in [3.8, 4) is 0 Å². The molecule has 0 heterocycles. The molecule has 1 N–H and O–H groups in total. The van der Waals surface area contributed by atoms with Crippen molar-refractivity contribution in [3.05, 3.63) is 70.3 Å². The van der Waals surface area contributed by atoms with Gasteiger partial charge in [0.15, 0.2) is 0 Å². The standard InChI is InChI=1S/C16H16N2O3S/c19-16(12-13-6-4-5-9-15(13)18(20)21)17-10-11-22-14-7-2-1-3-8-14/h1-9H,10-12H2,(H,17,19). The third kappa shape index (κ3) is 4.89. The van der Waals surface area contributed by atoms with Crippen LogP contribution in [-0.4, -0.2) is 23.1 Å². The molecule has 0 unspecified atom stereocenters. The lowest BCUT2D eigenvalue weighted by Crippen LogP contribution is -2.27. The highest BCUT2D eigenvalue weighted by atomic mass is 32.2. The van der Waals surface area contributed by atoms with E-state index in [-0.39, 0.29) is 18.0 Å². The molecule has 0 aromatic heterocycles. The summed E-state index contributed by atoms with van der Waals surface area (Å²) in [5.41, 5.74) is 0.414. The van der Waals surface area contributed by atoms with E-state index in [9.17, 15) is 14.9 Å². The molecule has 0 fully saturated rings. The van der Waals surface area contributed by atoms with E-state index in [0.717, 1.165) is 10.6 Å². The van der Waals surface area contributed by atoms with E-state index in [4.69, 9.17) is 0 Å². The second-order valence-corrected chi connectivity index (χ2v) is 5.74. The maximum atomic E-state index is 11.9. The highest BCUT2D eigenvalue weighted by Gasteiger charge is 2.14. The van der Waals surface area contributed by atoms with Crippen LogP contribution in [0.2, 0.25) is 0 Å². The Bertz CT molecular complexity index is 647. The Hall–Kier alpha value is -2.34. The molecule has 2 rings (SSSR count). The van der Waals surface area contributed by atoms with Crippen LogP contribution in [0, 0.1) is 10.1 Å². The number of hydrogen-bond acceptors (Lipinski definition) is 4. The number of carbonyl (C=O) groups is 1. The zero-order valence-electron chi connectivity index (χ0n) is 11.9. The van der Waals surface area contributed by atoms with E-state index in [1.807, 2.05) is 30.3 Å². The molecular weight excluding hydrogens is 300 g/mol. The Kier molecular flexibility index (Phi) is 5.97. The minimum Gasteiger partial charge on any atom is -0.355 e. The lowest BCUT2D eigenvalue weighted by Gasteiger charge is -2.06. The number of para-hydroxylation sites is 1. The van der Waals surface area contributed by atoms with Crippen molar-refractivity contribution < 1.29 is 9.72 Å². The van der Waals surface area contributed by atoms with Gasteiger partial charge in [-0.05, 0) is 12.1 Å². The van der Waals surface area contributed by atoms with Crippen molar-refractivity contribution in [3.63, 3.8) is 0 Å². The quantitative estimate of drug-likeness (QED) is 0.369. The normalized spacial score (nSPS) is 10.2. The molecule has 0 bridgehead atoms. The van der Waals surface area contributed by atoms with Crippen LogP contribution in [-0.2, 0) is 11.2 Å². The van der Waals surface area contributed by atoms with Gasteiger partial charge >= 0.3 is 0 Å². The lowest BCUT2D eigenvalue weighted by molar-refractivity contribution is -0.385. The number of carbonyl (C=O) groups excluding carboxylic acids is 1. The first-order valence-electron chi connectivity index (χ1n) is 6.83. The molecule has 0 aliphatic heterocycles. The summed E-state index contributed by atoms with van der Waals surface area (Å²) >= 11 is 1.65. The predicted octanol–water partition coefficient (Wildman–Crippen LogP) is 3.05. The van der Waals surface area contributed by atoms with Crippen molar-refractivity contribution in [2.75, 3.05) is 12.3 Å². The van der Waals surface area contributed by atoms with Gasteiger partial charge in [0.2, 0.25) is 5.91 Å². The zero-order valence-corrected chi connectivity index (χ0v) is 12.7. The molecule has 0 saturated carbocycles.